The summed E-state index contributed by atoms with van der Waals surface area (Å²) in [5.74, 6) is 0.619. The third-order valence-corrected chi connectivity index (χ3v) is 3.27. The Kier molecular flexibility index (Phi) is 3.44. The van der Waals surface area contributed by atoms with E-state index in [1.807, 2.05) is 12.1 Å². The molecule has 2 N–H and O–H groups in total. The Hall–Kier alpha value is -1.09. The van der Waals surface area contributed by atoms with Crippen LogP contribution in [0, 0.1) is 11.7 Å². The number of hydrogen-bond acceptors (Lipinski definition) is 2. The van der Waals surface area contributed by atoms with E-state index in [9.17, 15) is 4.39 Å². The first-order valence-corrected chi connectivity index (χ1v) is 5.98. The zero-order valence-corrected chi connectivity index (χ0v) is 9.75. The van der Waals surface area contributed by atoms with Crippen LogP contribution in [0.4, 0.5) is 10.1 Å². The number of benzene rings is 1. The highest BCUT2D eigenvalue weighted by Gasteiger charge is 2.26. The van der Waals surface area contributed by atoms with Gasteiger partial charge >= 0.3 is 0 Å². The van der Waals surface area contributed by atoms with Gasteiger partial charge in [-0.3, -0.25) is 0 Å². The molecule has 16 heavy (non-hydrogen) atoms. The van der Waals surface area contributed by atoms with Gasteiger partial charge in [-0.2, -0.15) is 0 Å². The lowest BCUT2D eigenvalue weighted by molar-refractivity contribution is 0.380. The predicted octanol–water partition coefficient (Wildman–Crippen LogP) is 2.52. The molecule has 0 saturated carbocycles. The zero-order valence-electron chi connectivity index (χ0n) is 9.75. The minimum atomic E-state index is -0.197. The van der Waals surface area contributed by atoms with E-state index in [4.69, 9.17) is 5.73 Å². The van der Waals surface area contributed by atoms with Gasteiger partial charge in [0, 0.05) is 30.9 Å². The lowest BCUT2D eigenvalue weighted by Gasteiger charge is -2.41. The molecule has 1 aliphatic rings. The molecule has 1 aromatic rings. The highest BCUT2D eigenvalue weighted by atomic mass is 19.1. The molecule has 1 heterocycles. The molecule has 2 rings (SSSR count). The molecule has 0 aromatic heterocycles. The molecule has 0 spiro atoms. The van der Waals surface area contributed by atoms with Crippen molar-refractivity contribution in [3.63, 3.8) is 0 Å². The molecule has 0 radical (unpaired) electrons. The SMILES string of the molecule is CCCC1CN(c2ccc(F)c(CN)c2)C1. The normalized spacial score (nSPS) is 16.3. The summed E-state index contributed by atoms with van der Waals surface area (Å²) < 4.78 is 13.3. The second kappa shape index (κ2) is 4.83. The highest BCUT2D eigenvalue weighted by Crippen LogP contribution is 2.28. The molecule has 0 atom stereocenters. The molecule has 1 fully saturated rings. The third-order valence-electron chi connectivity index (χ3n) is 3.27. The van der Waals surface area contributed by atoms with Gasteiger partial charge < -0.3 is 10.6 Å². The highest BCUT2D eigenvalue weighted by molar-refractivity contribution is 5.51. The molecule has 0 amide bonds. The third kappa shape index (κ3) is 2.19. The van der Waals surface area contributed by atoms with E-state index in [0.717, 1.165) is 24.7 Å². The molecular formula is C13H19FN2. The quantitative estimate of drug-likeness (QED) is 0.848. The van der Waals surface area contributed by atoms with Crippen molar-refractivity contribution in [1.82, 2.24) is 0 Å². The Bertz CT molecular complexity index is 359. The van der Waals surface area contributed by atoms with E-state index >= 15 is 0 Å². The van der Waals surface area contributed by atoms with Gasteiger partial charge in [0.1, 0.15) is 5.82 Å². The standard InChI is InChI=1S/C13H19FN2/c1-2-3-10-8-16(9-10)12-4-5-13(14)11(6-12)7-15/h4-6,10H,2-3,7-9,15H2,1H3. The van der Waals surface area contributed by atoms with Crippen LogP contribution in [-0.4, -0.2) is 13.1 Å². The maximum absolute atomic E-state index is 13.3. The second-order valence-electron chi connectivity index (χ2n) is 4.54. The summed E-state index contributed by atoms with van der Waals surface area (Å²) in [6, 6.07) is 5.23. The van der Waals surface area contributed by atoms with E-state index in [-0.39, 0.29) is 12.4 Å². The van der Waals surface area contributed by atoms with Crippen LogP contribution in [-0.2, 0) is 6.54 Å². The molecular weight excluding hydrogens is 203 g/mol. The zero-order chi connectivity index (χ0) is 11.5. The fourth-order valence-corrected chi connectivity index (χ4v) is 2.29. The molecule has 1 saturated heterocycles. The van der Waals surface area contributed by atoms with E-state index in [2.05, 4.69) is 11.8 Å². The summed E-state index contributed by atoms with van der Waals surface area (Å²) >= 11 is 0. The first-order chi connectivity index (χ1) is 7.74. The van der Waals surface area contributed by atoms with Crippen LogP contribution in [0.2, 0.25) is 0 Å². The Balaban J connectivity index is 2.01. The van der Waals surface area contributed by atoms with Gasteiger partial charge in [0.15, 0.2) is 0 Å². The molecule has 0 unspecified atom stereocenters. The summed E-state index contributed by atoms with van der Waals surface area (Å²) in [5, 5.41) is 0. The second-order valence-corrected chi connectivity index (χ2v) is 4.54. The number of nitrogens with two attached hydrogens (primary N) is 1. The smallest absolute Gasteiger partial charge is 0.127 e. The monoisotopic (exact) mass is 222 g/mol. The van der Waals surface area contributed by atoms with Crippen molar-refractivity contribution >= 4 is 5.69 Å². The summed E-state index contributed by atoms with van der Waals surface area (Å²) in [6.45, 7) is 4.69. The first kappa shape index (κ1) is 11.4. The van der Waals surface area contributed by atoms with Crippen LogP contribution in [0.5, 0.6) is 0 Å². The average Bonchev–Trinajstić information content (AvgIpc) is 2.24. The largest absolute Gasteiger partial charge is 0.371 e. The van der Waals surface area contributed by atoms with Gasteiger partial charge in [0.05, 0.1) is 0 Å². The van der Waals surface area contributed by atoms with Gasteiger partial charge in [-0.25, -0.2) is 4.39 Å². The lowest BCUT2D eigenvalue weighted by Crippen LogP contribution is -2.46. The van der Waals surface area contributed by atoms with Gasteiger partial charge in [-0.15, -0.1) is 0 Å². The van der Waals surface area contributed by atoms with Gasteiger partial charge in [-0.1, -0.05) is 13.3 Å². The van der Waals surface area contributed by atoms with Crippen LogP contribution >= 0.6 is 0 Å². The van der Waals surface area contributed by atoms with Crippen molar-refractivity contribution in [3.8, 4) is 0 Å². The fourth-order valence-electron chi connectivity index (χ4n) is 2.29. The summed E-state index contributed by atoms with van der Waals surface area (Å²) in [7, 11) is 0. The summed E-state index contributed by atoms with van der Waals surface area (Å²) in [6.07, 6.45) is 2.54. The Morgan fingerprint density at radius 2 is 2.19 bits per heavy atom. The Labute approximate surface area is 96.2 Å². The van der Waals surface area contributed by atoms with Crippen molar-refractivity contribution in [2.24, 2.45) is 11.7 Å². The Morgan fingerprint density at radius 3 is 2.81 bits per heavy atom. The number of rotatable bonds is 4. The summed E-state index contributed by atoms with van der Waals surface area (Å²) in [4.78, 5) is 2.29. The molecule has 3 heteroatoms. The molecule has 88 valence electrons. The van der Waals surface area contributed by atoms with Crippen LogP contribution in [0.15, 0.2) is 18.2 Å². The minimum Gasteiger partial charge on any atom is -0.371 e. The van der Waals surface area contributed by atoms with Crippen LogP contribution in [0.1, 0.15) is 25.3 Å². The van der Waals surface area contributed by atoms with Crippen LogP contribution < -0.4 is 10.6 Å². The molecule has 0 aliphatic carbocycles. The molecule has 1 aromatic carbocycles. The predicted molar refractivity (Wildman–Crippen MR) is 64.9 cm³/mol. The van der Waals surface area contributed by atoms with E-state index in [0.29, 0.717) is 5.56 Å². The van der Waals surface area contributed by atoms with E-state index in [1.165, 1.54) is 18.9 Å². The topological polar surface area (TPSA) is 29.3 Å². The van der Waals surface area contributed by atoms with Crippen molar-refractivity contribution in [2.75, 3.05) is 18.0 Å². The molecule has 2 nitrogen and oxygen atoms in total. The van der Waals surface area contributed by atoms with Crippen molar-refractivity contribution in [1.29, 1.82) is 0 Å². The fraction of sp³-hybridized carbons (Fsp3) is 0.538. The van der Waals surface area contributed by atoms with E-state index < -0.39 is 0 Å². The van der Waals surface area contributed by atoms with Crippen molar-refractivity contribution in [3.05, 3.63) is 29.6 Å². The van der Waals surface area contributed by atoms with Crippen molar-refractivity contribution < 1.29 is 4.39 Å². The summed E-state index contributed by atoms with van der Waals surface area (Å²) in [5.41, 5.74) is 7.21. The number of anilines is 1. The molecule has 0 bridgehead atoms. The van der Waals surface area contributed by atoms with Crippen LogP contribution in [0.3, 0.4) is 0 Å². The van der Waals surface area contributed by atoms with E-state index in [1.54, 1.807) is 0 Å². The van der Waals surface area contributed by atoms with Crippen molar-refractivity contribution in [2.45, 2.75) is 26.3 Å². The number of nitrogens with zero attached hydrogens (tertiary/aromatic N) is 1. The lowest BCUT2D eigenvalue weighted by atomic mass is 9.94. The number of halogens is 1. The first-order valence-electron chi connectivity index (χ1n) is 5.98. The molecule has 1 aliphatic heterocycles. The maximum atomic E-state index is 13.3. The maximum Gasteiger partial charge on any atom is 0.127 e. The van der Waals surface area contributed by atoms with Gasteiger partial charge in [0.2, 0.25) is 0 Å². The van der Waals surface area contributed by atoms with Gasteiger partial charge in [0.25, 0.3) is 0 Å². The Morgan fingerprint density at radius 1 is 1.44 bits per heavy atom. The number of hydrogen-bond donors (Lipinski definition) is 1. The van der Waals surface area contributed by atoms with Crippen LogP contribution in [0.25, 0.3) is 0 Å². The minimum absolute atomic E-state index is 0.197. The van der Waals surface area contributed by atoms with Gasteiger partial charge in [-0.05, 0) is 30.5 Å². The average molecular weight is 222 g/mol.